The van der Waals surface area contributed by atoms with E-state index in [-0.39, 0.29) is 27.5 Å². The minimum atomic E-state index is -4.62. The monoisotopic (exact) mass is 520 g/mol. The van der Waals surface area contributed by atoms with Gasteiger partial charge in [0.1, 0.15) is 16.9 Å². The molecule has 0 fully saturated rings. The Bertz CT molecular complexity index is 1860. The van der Waals surface area contributed by atoms with Gasteiger partial charge < -0.3 is 8.83 Å². The molecule has 0 saturated heterocycles. The van der Waals surface area contributed by atoms with E-state index in [0.717, 1.165) is 33.1 Å². The second-order valence-electron chi connectivity index (χ2n) is 8.26. The fourth-order valence-corrected chi connectivity index (χ4v) is 5.22. The van der Waals surface area contributed by atoms with Crippen LogP contribution in [-0.2, 0) is 12.7 Å². The summed E-state index contributed by atoms with van der Waals surface area (Å²) in [5, 5.41) is 2.22. The first-order valence-corrected chi connectivity index (χ1v) is 11.9. The lowest BCUT2D eigenvalue weighted by atomic mass is 10.0. The smallest absolute Gasteiger partial charge is 0.418 e. The van der Waals surface area contributed by atoms with Crippen LogP contribution < -0.4 is 10.5 Å². The number of amides is 1. The van der Waals surface area contributed by atoms with Crippen molar-refractivity contribution in [2.75, 3.05) is 4.90 Å². The Morgan fingerprint density at radius 3 is 2.59 bits per heavy atom. The molecular weight excluding hydrogens is 505 g/mol. The average molecular weight is 520 g/mol. The molecule has 0 aliphatic carbocycles. The predicted molar refractivity (Wildman–Crippen MR) is 134 cm³/mol. The van der Waals surface area contributed by atoms with Crippen molar-refractivity contribution in [3.05, 3.63) is 106 Å². The van der Waals surface area contributed by atoms with Crippen LogP contribution in [-0.4, -0.2) is 10.9 Å². The van der Waals surface area contributed by atoms with E-state index in [9.17, 15) is 22.8 Å². The van der Waals surface area contributed by atoms with Gasteiger partial charge in [-0.1, -0.05) is 47.7 Å². The maximum atomic E-state index is 13.8. The van der Waals surface area contributed by atoms with Gasteiger partial charge in [-0.3, -0.25) is 9.69 Å². The molecule has 1 amide bonds. The number of carbonyl (C=O) groups excluding carboxylic acids is 1. The lowest BCUT2D eigenvalue weighted by Gasteiger charge is -2.18. The molecule has 37 heavy (non-hydrogen) atoms. The Labute approximate surface area is 210 Å². The van der Waals surface area contributed by atoms with E-state index in [4.69, 9.17) is 8.83 Å². The number of benzene rings is 3. The molecule has 0 radical (unpaired) electrons. The molecule has 3 aromatic carbocycles. The number of rotatable bonds is 4. The quantitative estimate of drug-likeness (QED) is 0.185. The fraction of sp³-hybridized carbons (Fsp3) is 0.0741. The number of halogens is 3. The van der Waals surface area contributed by atoms with Gasteiger partial charge >= 0.3 is 11.8 Å². The third-order valence-electron chi connectivity index (χ3n) is 5.96. The van der Waals surface area contributed by atoms with Crippen molar-refractivity contribution in [2.24, 2.45) is 0 Å². The highest BCUT2D eigenvalue weighted by atomic mass is 32.1. The maximum absolute atomic E-state index is 13.8. The molecule has 6 aromatic rings. The van der Waals surface area contributed by atoms with Crippen LogP contribution >= 0.6 is 11.3 Å². The van der Waals surface area contributed by atoms with E-state index >= 15 is 0 Å². The molecule has 0 saturated carbocycles. The van der Waals surface area contributed by atoms with E-state index in [1.807, 2.05) is 30.3 Å². The number of thiazole rings is 1. The molecule has 6 rings (SSSR count). The highest BCUT2D eigenvalue weighted by Gasteiger charge is 2.35. The number of carbonyl (C=O) groups is 1. The van der Waals surface area contributed by atoms with Gasteiger partial charge in [0.25, 0.3) is 5.91 Å². The lowest BCUT2D eigenvalue weighted by Crippen LogP contribution is -2.33. The molecule has 0 N–H and O–H groups in total. The van der Waals surface area contributed by atoms with Crippen LogP contribution in [0, 0.1) is 0 Å². The maximum Gasteiger partial charge on any atom is 0.418 e. The molecule has 0 aliphatic heterocycles. The zero-order chi connectivity index (χ0) is 25.7. The first-order valence-electron chi connectivity index (χ1n) is 11.1. The van der Waals surface area contributed by atoms with E-state index in [1.54, 1.807) is 18.2 Å². The van der Waals surface area contributed by atoms with E-state index in [1.165, 1.54) is 24.5 Å². The van der Waals surface area contributed by atoms with E-state index < -0.39 is 23.3 Å². The average Bonchev–Trinajstić information content (AvgIpc) is 3.55. The van der Waals surface area contributed by atoms with Gasteiger partial charge in [-0.05, 0) is 47.2 Å². The van der Waals surface area contributed by atoms with Crippen LogP contribution in [0.4, 0.5) is 18.3 Å². The number of aromatic nitrogens is 1. The third-order valence-corrected chi connectivity index (χ3v) is 7.00. The first kappa shape index (κ1) is 23.0. The summed E-state index contributed by atoms with van der Waals surface area (Å²) in [4.78, 5) is 32.0. The summed E-state index contributed by atoms with van der Waals surface area (Å²) in [6.45, 7) is -0.153. The molecule has 10 heteroatoms. The molecule has 0 spiro atoms. The summed E-state index contributed by atoms with van der Waals surface area (Å²) < 4.78 is 51.9. The van der Waals surface area contributed by atoms with Crippen molar-refractivity contribution >= 4 is 54.3 Å². The Morgan fingerprint density at radius 2 is 1.81 bits per heavy atom. The van der Waals surface area contributed by atoms with Crippen LogP contribution in [0.5, 0.6) is 0 Å². The first-order chi connectivity index (χ1) is 17.8. The highest BCUT2D eigenvalue weighted by Crippen LogP contribution is 2.39. The fourth-order valence-electron chi connectivity index (χ4n) is 4.23. The normalized spacial score (nSPS) is 12.0. The summed E-state index contributed by atoms with van der Waals surface area (Å²) in [6, 6.07) is 19.3. The molecule has 0 atom stereocenters. The molecule has 184 valence electrons. The molecule has 3 aromatic heterocycles. The SMILES string of the molecule is O=C(c1cc2c(ccc3ccccc32)oc1=O)N(Cc1ccco1)c1nc2c(C(F)(F)F)cccc2s1. The van der Waals surface area contributed by atoms with Gasteiger partial charge in [0.05, 0.1) is 28.6 Å². The van der Waals surface area contributed by atoms with Crippen LogP contribution in [0.1, 0.15) is 21.7 Å². The second-order valence-corrected chi connectivity index (χ2v) is 9.27. The number of nitrogens with zero attached hydrogens (tertiary/aromatic N) is 2. The van der Waals surface area contributed by atoms with Crippen LogP contribution in [0.2, 0.25) is 0 Å². The Morgan fingerprint density at radius 1 is 0.973 bits per heavy atom. The number of anilines is 1. The van der Waals surface area contributed by atoms with Crippen molar-refractivity contribution in [2.45, 2.75) is 12.7 Å². The van der Waals surface area contributed by atoms with Crippen molar-refractivity contribution in [3.63, 3.8) is 0 Å². The number of hydrogen-bond donors (Lipinski definition) is 0. The number of fused-ring (bicyclic) bond motifs is 4. The minimum Gasteiger partial charge on any atom is -0.467 e. The predicted octanol–water partition coefficient (Wildman–Crippen LogP) is 7.01. The Balaban J connectivity index is 1.52. The molecular formula is C27H15F3N2O4S. The van der Waals surface area contributed by atoms with Crippen molar-refractivity contribution in [1.29, 1.82) is 0 Å². The third kappa shape index (κ3) is 4.05. The molecule has 0 bridgehead atoms. The number of alkyl halides is 3. The lowest BCUT2D eigenvalue weighted by molar-refractivity contribution is -0.136. The molecule has 0 aliphatic rings. The summed E-state index contributed by atoms with van der Waals surface area (Å²) >= 11 is 0.912. The Kier molecular flexibility index (Phi) is 5.34. The van der Waals surface area contributed by atoms with Gasteiger partial charge in [0.2, 0.25) is 0 Å². The number of furan rings is 1. The van der Waals surface area contributed by atoms with Crippen LogP contribution in [0.15, 0.2) is 92.7 Å². The zero-order valence-corrected chi connectivity index (χ0v) is 19.6. The van der Waals surface area contributed by atoms with Crippen LogP contribution in [0.25, 0.3) is 32.0 Å². The standard InChI is InChI=1S/C27H15F3N2O4S/c28-27(29,30)20-8-3-9-22-23(20)31-26(37-22)32(14-16-6-4-12-35-16)24(33)19-13-18-17-7-2-1-5-15(17)10-11-21(18)36-25(19)34/h1-13H,14H2. The summed E-state index contributed by atoms with van der Waals surface area (Å²) in [5.41, 5.74) is -2.01. The number of hydrogen-bond acceptors (Lipinski definition) is 6. The highest BCUT2D eigenvalue weighted by molar-refractivity contribution is 7.22. The molecule has 6 nitrogen and oxygen atoms in total. The zero-order valence-electron chi connectivity index (χ0n) is 18.8. The van der Waals surface area contributed by atoms with Crippen molar-refractivity contribution < 1.29 is 26.8 Å². The topological polar surface area (TPSA) is 76.6 Å². The van der Waals surface area contributed by atoms with Gasteiger partial charge in [-0.2, -0.15) is 13.2 Å². The molecule has 3 heterocycles. The summed E-state index contributed by atoms with van der Waals surface area (Å²) in [6.07, 6.45) is -3.21. The number of para-hydroxylation sites is 1. The van der Waals surface area contributed by atoms with E-state index in [2.05, 4.69) is 4.98 Å². The Hall–Kier alpha value is -4.44. The second kappa shape index (κ2) is 8.59. The van der Waals surface area contributed by atoms with Gasteiger partial charge in [-0.25, -0.2) is 9.78 Å². The van der Waals surface area contributed by atoms with Gasteiger partial charge in [0.15, 0.2) is 5.13 Å². The molecule has 0 unspecified atom stereocenters. The van der Waals surface area contributed by atoms with Gasteiger partial charge in [0, 0.05) is 5.39 Å². The van der Waals surface area contributed by atoms with Crippen molar-refractivity contribution in [1.82, 2.24) is 4.98 Å². The minimum absolute atomic E-state index is 0.00878. The van der Waals surface area contributed by atoms with Crippen molar-refractivity contribution in [3.8, 4) is 0 Å². The largest absolute Gasteiger partial charge is 0.467 e. The van der Waals surface area contributed by atoms with E-state index in [0.29, 0.717) is 16.7 Å². The van der Waals surface area contributed by atoms with Gasteiger partial charge in [-0.15, -0.1) is 0 Å². The van der Waals surface area contributed by atoms with Crippen LogP contribution in [0.3, 0.4) is 0 Å². The summed E-state index contributed by atoms with van der Waals surface area (Å²) in [5.74, 6) is -0.410. The summed E-state index contributed by atoms with van der Waals surface area (Å²) in [7, 11) is 0.